The fraction of sp³-hybridized carbons (Fsp3) is 0.643. The van der Waals surface area contributed by atoms with Crippen molar-refractivity contribution >= 4 is 11.8 Å². The van der Waals surface area contributed by atoms with Crippen LogP contribution >= 0.6 is 0 Å². The lowest BCUT2D eigenvalue weighted by Crippen LogP contribution is -2.09. The number of hydrogen-bond acceptors (Lipinski definition) is 4. The predicted octanol–water partition coefficient (Wildman–Crippen LogP) is 2.29. The van der Waals surface area contributed by atoms with Crippen molar-refractivity contribution in [3.8, 4) is 0 Å². The molecule has 19 heavy (non-hydrogen) atoms. The second-order valence-corrected chi connectivity index (χ2v) is 4.51. The van der Waals surface area contributed by atoms with Gasteiger partial charge >= 0.3 is 5.97 Å². The summed E-state index contributed by atoms with van der Waals surface area (Å²) >= 11 is 0. The standard InChI is InChI=1S/C14H22N2O3/c1-4-6-9-19-14(18)8-7-13(17)11-10-16(3)15-12(11)5-2/h10H,4-9H2,1-3H3. The Morgan fingerprint density at radius 2 is 2.05 bits per heavy atom. The molecule has 0 radical (unpaired) electrons. The highest BCUT2D eigenvalue weighted by molar-refractivity contribution is 5.98. The van der Waals surface area contributed by atoms with E-state index in [1.165, 1.54) is 0 Å². The summed E-state index contributed by atoms with van der Waals surface area (Å²) in [5, 5.41) is 4.22. The first-order valence-electron chi connectivity index (χ1n) is 6.79. The average molecular weight is 266 g/mol. The van der Waals surface area contributed by atoms with Crippen LogP contribution < -0.4 is 0 Å². The maximum atomic E-state index is 12.0. The van der Waals surface area contributed by atoms with Crippen LogP contribution in [0, 0.1) is 0 Å². The number of nitrogens with zero attached hydrogens (tertiary/aromatic N) is 2. The highest BCUT2D eigenvalue weighted by Crippen LogP contribution is 2.11. The SMILES string of the molecule is CCCCOC(=O)CCC(=O)c1cn(C)nc1CC. The van der Waals surface area contributed by atoms with E-state index < -0.39 is 0 Å². The van der Waals surface area contributed by atoms with Crippen molar-refractivity contribution in [2.75, 3.05) is 6.61 Å². The van der Waals surface area contributed by atoms with E-state index in [0.717, 1.165) is 18.5 Å². The van der Waals surface area contributed by atoms with Gasteiger partial charge in [-0.1, -0.05) is 20.3 Å². The molecule has 0 fully saturated rings. The molecule has 0 N–H and O–H groups in total. The van der Waals surface area contributed by atoms with E-state index >= 15 is 0 Å². The minimum absolute atomic E-state index is 0.0441. The molecule has 1 rings (SSSR count). The predicted molar refractivity (Wildman–Crippen MR) is 72.0 cm³/mol. The van der Waals surface area contributed by atoms with E-state index in [4.69, 9.17) is 4.74 Å². The molecule has 1 aromatic rings. The van der Waals surface area contributed by atoms with Crippen molar-refractivity contribution in [2.24, 2.45) is 7.05 Å². The van der Waals surface area contributed by atoms with Gasteiger partial charge in [0.2, 0.25) is 0 Å². The van der Waals surface area contributed by atoms with Gasteiger partial charge in [-0.3, -0.25) is 14.3 Å². The van der Waals surface area contributed by atoms with Crippen LogP contribution in [0.15, 0.2) is 6.20 Å². The van der Waals surface area contributed by atoms with Gasteiger partial charge in [-0.25, -0.2) is 0 Å². The molecule has 0 saturated carbocycles. The zero-order valence-electron chi connectivity index (χ0n) is 11.9. The Morgan fingerprint density at radius 3 is 2.68 bits per heavy atom. The van der Waals surface area contributed by atoms with Gasteiger partial charge in [0, 0.05) is 19.7 Å². The number of esters is 1. The number of carbonyl (C=O) groups excluding carboxylic acids is 2. The summed E-state index contributed by atoms with van der Waals surface area (Å²) in [7, 11) is 1.79. The van der Waals surface area contributed by atoms with Crippen LogP contribution in [0.4, 0.5) is 0 Å². The third kappa shape index (κ3) is 4.85. The number of ketones is 1. The van der Waals surface area contributed by atoms with Crippen LogP contribution in [-0.2, 0) is 23.0 Å². The Hall–Kier alpha value is -1.65. The molecule has 0 saturated heterocycles. The molecule has 5 nitrogen and oxygen atoms in total. The van der Waals surface area contributed by atoms with E-state index in [1.807, 2.05) is 13.8 Å². The van der Waals surface area contributed by atoms with Gasteiger partial charge in [-0.05, 0) is 12.8 Å². The number of rotatable bonds is 8. The summed E-state index contributed by atoms with van der Waals surface area (Å²) in [6.07, 6.45) is 4.60. The zero-order valence-corrected chi connectivity index (χ0v) is 11.9. The maximum absolute atomic E-state index is 12.0. The van der Waals surface area contributed by atoms with Gasteiger partial charge < -0.3 is 4.74 Å². The Kier molecular flexibility index (Phi) is 6.25. The molecule has 106 valence electrons. The van der Waals surface area contributed by atoms with Crippen molar-refractivity contribution in [1.29, 1.82) is 0 Å². The third-order valence-corrected chi connectivity index (χ3v) is 2.86. The summed E-state index contributed by atoms with van der Waals surface area (Å²) in [5.41, 5.74) is 1.40. The molecule has 5 heteroatoms. The van der Waals surface area contributed by atoms with Crippen molar-refractivity contribution in [3.05, 3.63) is 17.5 Å². The summed E-state index contributed by atoms with van der Waals surface area (Å²) in [5.74, 6) is -0.346. The van der Waals surface area contributed by atoms with Crippen LogP contribution in [0.5, 0.6) is 0 Å². The Labute approximate surface area is 113 Å². The number of unbranched alkanes of at least 4 members (excludes halogenated alkanes) is 1. The first kappa shape index (κ1) is 15.4. The van der Waals surface area contributed by atoms with Crippen molar-refractivity contribution in [2.45, 2.75) is 46.0 Å². The molecule has 0 aliphatic heterocycles. The molecule has 0 atom stereocenters. The Morgan fingerprint density at radius 1 is 1.32 bits per heavy atom. The second kappa shape index (κ2) is 7.71. The van der Waals surface area contributed by atoms with Crippen LogP contribution in [-0.4, -0.2) is 28.1 Å². The molecule has 1 aromatic heterocycles. The number of Topliss-reactive ketones (excluding diaryl/α,β-unsaturated/α-hetero) is 1. The fourth-order valence-electron chi connectivity index (χ4n) is 1.78. The lowest BCUT2D eigenvalue weighted by molar-refractivity contribution is -0.143. The minimum Gasteiger partial charge on any atom is -0.466 e. The lowest BCUT2D eigenvalue weighted by Gasteiger charge is -2.03. The van der Waals surface area contributed by atoms with Crippen LogP contribution in [0.1, 0.15) is 55.6 Å². The summed E-state index contributed by atoms with van der Waals surface area (Å²) in [6.45, 7) is 4.43. The van der Waals surface area contributed by atoms with Crippen LogP contribution in [0.3, 0.4) is 0 Å². The second-order valence-electron chi connectivity index (χ2n) is 4.51. The van der Waals surface area contributed by atoms with Crippen molar-refractivity contribution in [3.63, 3.8) is 0 Å². The summed E-state index contributed by atoms with van der Waals surface area (Å²) in [6, 6.07) is 0. The molecular formula is C14H22N2O3. The number of carbonyl (C=O) groups is 2. The van der Waals surface area contributed by atoms with Crippen molar-refractivity contribution < 1.29 is 14.3 Å². The molecule has 0 amide bonds. The number of ether oxygens (including phenoxy) is 1. The number of hydrogen-bond donors (Lipinski definition) is 0. The highest BCUT2D eigenvalue weighted by atomic mass is 16.5. The van der Waals surface area contributed by atoms with E-state index in [2.05, 4.69) is 5.10 Å². The molecule has 0 bridgehead atoms. The quantitative estimate of drug-likeness (QED) is 0.411. The van der Waals surface area contributed by atoms with Crippen LogP contribution in [0.2, 0.25) is 0 Å². The molecule has 0 unspecified atom stereocenters. The first-order chi connectivity index (χ1) is 9.08. The normalized spacial score (nSPS) is 10.5. The van der Waals surface area contributed by atoms with E-state index in [0.29, 0.717) is 18.6 Å². The summed E-state index contributed by atoms with van der Waals surface area (Å²) < 4.78 is 6.65. The molecule has 0 aliphatic carbocycles. The molecule has 0 spiro atoms. The zero-order chi connectivity index (χ0) is 14.3. The molecule has 1 heterocycles. The Bertz CT molecular complexity index is 438. The largest absolute Gasteiger partial charge is 0.466 e. The van der Waals surface area contributed by atoms with Gasteiger partial charge in [0.25, 0.3) is 0 Å². The van der Waals surface area contributed by atoms with Gasteiger partial charge in [0.1, 0.15) is 0 Å². The third-order valence-electron chi connectivity index (χ3n) is 2.86. The molecular weight excluding hydrogens is 244 g/mol. The maximum Gasteiger partial charge on any atom is 0.306 e. The van der Waals surface area contributed by atoms with Gasteiger partial charge in [-0.2, -0.15) is 5.10 Å². The number of aromatic nitrogens is 2. The van der Waals surface area contributed by atoms with Gasteiger partial charge in [0.15, 0.2) is 5.78 Å². The lowest BCUT2D eigenvalue weighted by atomic mass is 10.1. The van der Waals surface area contributed by atoms with E-state index in [-0.39, 0.29) is 24.6 Å². The van der Waals surface area contributed by atoms with Crippen LogP contribution in [0.25, 0.3) is 0 Å². The smallest absolute Gasteiger partial charge is 0.306 e. The van der Waals surface area contributed by atoms with E-state index in [1.54, 1.807) is 17.9 Å². The van der Waals surface area contributed by atoms with E-state index in [9.17, 15) is 9.59 Å². The molecule has 0 aliphatic rings. The monoisotopic (exact) mass is 266 g/mol. The number of aryl methyl sites for hydroxylation is 2. The fourth-order valence-corrected chi connectivity index (χ4v) is 1.78. The topological polar surface area (TPSA) is 61.2 Å². The highest BCUT2D eigenvalue weighted by Gasteiger charge is 2.15. The van der Waals surface area contributed by atoms with Crippen molar-refractivity contribution in [1.82, 2.24) is 9.78 Å². The molecule has 0 aromatic carbocycles. The van der Waals surface area contributed by atoms with Gasteiger partial charge in [0.05, 0.1) is 24.3 Å². The van der Waals surface area contributed by atoms with Gasteiger partial charge in [-0.15, -0.1) is 0 Å². The Balaban J connectivity index is 2.44. The minimum atomic E-state index is -0.302. The average Bonchev–Trinajstić information content (AvgIpc) is 2.77. The summed E-state index contributed by atoms with van der Waals surface area (Å²) in [4.78, 5) is 23.4. The first-order valence-corrected chi connectivity index (χ1v) is 6.79.